The van der Waals surface area contributed by atoms with Crippen molar-refractivity contribution in [1.82, 2.24) is 19.6 Å². The van der Waals surface area contributed by atoms with Gasteiger partial charge < -0.3 is 9.80 Å². The van der Waals surface area contributed by atoms with Crippen LogP contribution in [0, 0.1) is 6.92 Å². The van der Waals surface area contributed by atoms with Gasteiger partial charge in [-0.05, 0) is 25.1 Å². The summed E-state index contributed by atoms with van der Waals surface area (Å²) in [5, 5.41) is 5.67. The van der Waals surface area contributed by atoms with Crippen LogP contribution in [0.25, 0.3) is 10.8 Å². The highest BCUT2D eigenvalue weighted by Gasteiger charge is 2.25. The number of piperazine rings is 1. The molecule has 1 aliphatic rings. The lowest BCUT2D eigenvalue weighted by Gasteiger charge is -2.34. The molecule has 148 valence electrons. The predicted octanol–water partition coefficient (Wildman–Crippen LogP) is 1.69. The van der Waals surface area contributed by atoms with Crippen LogP contribution in [0.1, 0.15) is 16.1 Å². The standard InChI is InChI=1S/C22H22N4O3/c1-16-18-9-5-6-10-19(18)22(29)26(23-16)15-20(27)24-11-13-25(14-12-24)21(28)17-7-3-2-4-8-17/h2-10H,11-15H2,1H3. The number of aryl methyl sites for hydroxylation is 1. The first kappa shape index (κ1) is 18.9. The summed E-state index contributed by atoms with van der Waals surface area (Å²) in [6.07, 6.45) is 0. The summed E-state index contributed by atoms with van der Waals surface area (Å²) in [7, 11) is 0. The Labute approximate surface area is 168 Å². The molecular formula is C22H22N4O3. The van der Waals surface area contributed by atoms with E-state index in [2.05, 4.69) is 5.10 Å². The predicted molar refractivity (Wildman–Crippen MR) is 110 cm³/mol. The first-order valence-electron chi connectivity index (χ1n) is 9.63. The van der Waals surface area contributed by atoms with E-state index in [0.29, 0.717) is 42.8 Å². The number of nitrogens with zero attached hydrogens (tertiary/aromatic N) is 4. The normalized spacial score (nSPS) is 14.2. The van der Waals surface area contributed by atoms with Crippen LogP contribution in [0.15, 0.2) is 59.4 Å². The number of amides is 2. The van der Waals surface area contributed by atoms with Crippen LogP contribution < -0.4 is 5.56 Å². The fourth-order valence-corrected chi connectivity index (χ4v) is 3.66. The Morgan fingerprint density at radius 1 is 0.862 bits per heavy atom. The van der Waals surface area contributed by atoms with Gasteiger partial charge in [-0.25, -0.2) is 4.68 Å². The molecule has 3 aromatic rings. The van der Waals surface area contributed by atoms with Crippen LogP contribution in [0.2, 0.25) is 0 Å². The number of aromatic nitrogens is 2. The highest BCUT2D eigenvalue weighted by molar-refractivity contribution is 5.94. The van der Waals surface area contributed by atoms with E-state index in [4.69, 9.17) is 0 Å². The van der Waals surface area contributed by atoms with Crippen molar-refractivity contribution in [2.24, 2.45) is 0 Å². The van der Waals surface area contributed by atoms with Crippen LogP contribution >= 0.6 is 0 Å². The highest BCUT2D eigenvalue weighted by atomic mass is 16.2. The lowest BCUT2D eigenvalue weighted by atomic mass is 10.1. The van der Waals surface area contributed by atoms with Gasteiger partial charge >= 0.3 is 0 Å². The second-order valence-corrected chi connectivity index (χ2v) is 7.13. The second-order valence-electron chi connectivity index (χ2n) is 7.13. The molecule has 0 N–H and O–H groups in total. The zero-order chi connectivity index (χ0) is 20.4. The average molecular weight is 390 g/mol. The summed E-state index contributed by atoms with van der Waals surface area (Å²) in [5.74, 6) is -0.193. The van der Waals surface area contributed by atoms with Crippen molar-refractivity contribution in [2.45, 2.75) is 13.5 Å². The minimum Gasteiger partial charge on any atom is -0.338 e. The van der Waals surface area contributed by atoms with Crippen LogP contribution in [-0.4, -0.2) is 57.6 Å². The first-order chi connectivity index (χ1) is 14.0. The van der Waals surface area contributed by atoms with E-state index >= 15 is 0 Å². The first-order valence-corrected chi connectivity index (χ1v) is 9.63. The SMILES string of the molecule is Cc1nn(CC(=O)N2CCN(C(=O)c3ccccc3)CC2)c(=O)c2ccccc12. The van der Waals surface area contributed by atoms with E-state index < -0.39 is 0 Å². The zero-order valence-electron chi connectivity index (χ0n) is 16.2. The summed E-state index contributed by atoms with van der Waals surface area (Å²) >= 11 is 0. The molecule has 7 nitrogen and oxygen atoms in total. The smallest absolute Gasteiger partial charge is 0.275 e. The maximum absolute atomic E-state index is 12.7. The molecule has 4 rings (SSSR count). The zero-order valence-corrected chi connectivity index (χ0v) is 16.2. The largest absolute Gasteiger partial charge is 0.338 e. The summed E-state index contributed by atoms with van der Waals surface area (Å²) in [6.45, 7) is 3.56. The Kier molecular flexibility index (Phi) is 5.12. The van der Waals surface area contributed by atoms with Gasteiger partial charge in [0.15, 0.2) is 0 Å². The fourth-order valence-electron chi connectivity index (χ4n) is 3.66. The number of rotatable bonds is 3. The molecule has 1 aromatic heterocycles. The van der Waals surface area contributed by atoms with Crippen molar-refractivity contribution in [2.75, 3.05) is 26.2 Å². The van der Waals surface area contributed by atoms with Crippen LogP contribution in [-0.2, 0) is 11.3 Å². The summed E-state index contributed by atoms with van der Waals surface area (Å²) in [4.78, 5) is 41.4. The maximum Gasteiger partial charge on any atom is 0.275 e. The van der Waals surface area contributed by atoms with Gasteiger partial charge in [-0.15, -0.1) is 0 Å². The molecule has 0 bridgehead atoms. The third-order valence-electron chi connectivity index (χ3n) is 5.28. The molecule has 1 fully saturated rings. The third-order valence-corrected chi connectivity index (χ3v) is 5.28. The third kappa shape index (κ3) is 3.76. The highest BCUT2D eigenvalue weighted by Crippen LogP contribution is 2.12. The van der Waals surface area contributed by atoms with Gasteiger partial charge in [0.25, 0.3) is 11.5 Å². The number of benzene rings is 2. The van der Waals surface area contributed by atoms with E-state index in [-0.39, 0.29) is 23.9 Å². The molecule has 0 saturated carbocycles. The second kappa shape index (κ2) is 7.87. The van der Waals surface area contributed by atoms with Crippen molar-refractivity contribution in [3.63, 3.8) is 0 Å². The molecule has 0 unspecified atom stereocenters. The Morgan fingerprint density at radius 3 is 2.14 bits per heavy atom. The number of fused-ring (bicyclic) bond motifs is 1. The lowest BCUT2D eigenvalue weighted by molar-refractivity contribution is -0.133. The summed E-state index contributed by atoms with van der Waals surface area (Å²) < 4.78 is 1.24. The molecule has 2 amide bonds. The molecule has 2 heterocycles. The van der Waals surface area contributed by atoms with Gasteiger partial charge in [0, 0.05) is 37.1 Å². The molecule has 29 heavy (non-hydrogen) atoms. The Balaban J connectivity index is 1.43. The van der Waals surface area contributed by atoms with E-state index in [9.17, 15) is 14.4 Å². The Bertz CT molecular complexity index is 1120. The van der Waals surface area contributed by atoms with Gasteiger partial charge in [0.05, 0.1) is 11.1 Å². The van der Waals surface area contributed by atoms with E-state index in [1.807, 2.05) is 37.3 Å². The van der Waals surface area contributed by atoms with Gasteiger partial charge in [-0.2, -0.15) is 5.10 Å². The lowest BCUT2D eigenvalue weighted by Crippen LogP contribution is -2.51. The molecule has 1 aliphatic heterocycles. The minimum absolute atomic E-state index is 0.0271. The van der Waals surface area contributed by atoms with Crippen LogP contribution in [0.3, 0.4) is 0 Å². The van der Waals surface area contributed by atoms with Crippen molar-refractivity contribution < 1.29 is 9.59 Å². The minimum atomic E-state index is -0.266. The molecule has 1 saturated heterocycles. The topological polar surface area (TPSA) is 75.5 Å². The van der Waals surface area contributed by atoms with Crippen molar-refractivity contribution in [3.05, 3.63) is 76.2 Å². The van der Waals surface area contributed by atoms with E-state index in [0.717, 1.165) is 5.39 Å². The number of hydrogen-bond acceptors (Lipinski definition) is 4. The van der Waals surface area contributed by atoms with Crippen molar-refractivity contribution in [3.8, 4) is 0 Å². The quantitative estimate of drug-likeness (QED) is 0.682. The summed E-state index contributed by atoms with van der Waals surface area (Å²) in [6, 6.07) is 16.4. The Hall–Kier alpha value is -3.48. The summed E-state index contributed by atoms with van der Waals surface area (Å²) in [5.41, 5.74) is 1.10. The Morgan fingerprint density at radius 2 is 1.45 bits per heavy atom. The van der Waals surface area contributed by atoms with Gasteiger partial charge in [0.2, 0.25) is 5.91 Å². The molecule has 0 atom stereocenters. The van der Waals surface area contributed by atoms with Crippen LogP contribution in [0.5, 0.6) is 0 Å². The molecule has 0 spiro atoms. The van der Waals surface area contributed by atoms with E-state index in [1.54, 1.807) is 34.1 Å². The molecule has 0 radical (unpaired) electrons. The number of carbonyl (C=O) groups excluding carboxylic acids is 2. The van der Waals surface area contributed by atoms with Gasteiger partial charge in [-0.1, -0.05) is 36.4 Å². The number of hydrogen-bond donors (Lipinski definition) is 0. The van der Waals surface area contributed by atoms with Gasteiger partial charge in [0.1, 0.15) is 6.54 Å². The molecular weight excluding hydrogens is 368 g/mol. The number of carbonyl (C=O) groups is 2. The van der Waals surface area contributed by atoms with Crippen molar-refractivity contribution >= 4 is 22.6 Å². The maximum atomic E-state index is 12.7. The fraction of sp³-hybridized carbons (Fsp3) is 0.273. The molecule has 7 heteroatoms. The van der Waals surface area contributed by atoms with Crippen LogP contribution in [0.4, 0.5) is 0 Å². The van der Waals surface area contributed by atoms with E-state index in [1.165, 1.54) is 4.68 Å². The average Bonchev–Trinajstić information content (AvgIpc) is 2.77. The molecule has 0 aliphatic carbocycles. The monoisotopic (exact) mass is 390 g/mol. The molecule has 2 aromatic carbocycles. The van der Waals surface area contributed by atoms with Crippen molar-refractivity contribution in [1.29, 1.82) is 0 Å². The van der Waals surface area contributed by atoms with Gasteiger partial charge in [-0.3, -0.25) is 14.4 Å².